The Hall–Kier alpha value is -1.42. The number of hydrogen-bond acceptors (Lipinski definition) is 3. The molecule has 1 heterocycles. The van der Waals surface area contributed by atoms with E-state index in [-0.39, 0.29) is 17.7 Å². The summed E-state index contributed by atoms with van der Waals surface area (Å²) in [7, 11) is 0. The number of halogens is 1. The van der Waals surface area contributed by atoms with Crippen LogP contribution in [0.15, 0.2) is 18.2 Å². The van der Waals surface area contributed by atoms with Gasteiger partial charge in [0.05, 0.1) is 11.8 Å². The monoisotopic (exact) mass is 265 g/mol. The molecule has 1 fully saturated rings. The summed E-state index contributed by atoms with van der Waals surface area (Å²) in [6, 6.07) is 4.71. The Kier molecular flexibility index (Phi) is 4.53. The van der Waals surface area contributed by atoms with Crippen LogP contribution in [0, 0.1) is 5.82 Å². The topological polar surface area (TPSA) is 29.5 Å². The average Bonchev–Trinajstić information content (AvgIpc) is 2.63. The van der Waals surface area contributed by atoms with E-state index in [1.807, 2.05) is 4.90 Å². The second-order valence-electron chi connectivity index (χ2n) is 4.92. The van der Waals surface area contributed by atoms with Gasteiger partial charge in [0.15, 0.2) is 5.78 Å². The quantitative estimate of drug-likeness (QED) is 0.787. The highest BCUT2D eigenvalue weighted by atomic mass is 19.1. The van der Waals surface area contributed by atoms with Gasteiger partial charge in [0, 0.05) is 25.3 Å². The van der Waals surface area contributed by atoms with Gasteiger partial charge in [-0.15, -0.1) is 0 Å². The molecule has 1 saturated heterocycles. The largest absolute Gasteiger partial charge is 0.376 e. The lowest BCUT2D eigenvalue weighted by Crippen LogP contribution is -2.32. The van der Waals surface area contributed by atoms with Crippen molar-refractivity contribution in [2.75, 3.05) is 24.6 Å². The Morgan fingerprint density at radius 1 is 1.53 bits per heavy atom. The minimum Gasteiger partial charge on any atom is -0.376 e. The molecular formula is C15H20FNO2. The molecule has 0 bridgehead atoms. The van der Waals surface area contributed by atoms with Crippen LogP contribution in [0.2, 0.25) is 0 Å². The van der Waals surface area contributed by atoms with E-state index in [9.17, 15) is 9.18 Å². The molecule has 0 amide bonds. The number of hydrogen-bond donors (Lipinski definition) is 0. The molecule has 2 rings (SSSR count). The fraction of sp³-hybridized carbons (Fsp3) is 0.533. The van der Waals surface area contributed by atoms with Gasteiger partial charge in [-0.3, -0.25) is 4.79 Å². The van der Waals surface area contributed by atoms with Crippen LogP contribution in [0.1, 0.15) is 37.0 Å². The summed E-state index contributed by atoms with van der Waals surface area (Å²) in [6.07, 6.45) is 1.96. The molecule has 0 radical (unpaired) electrons. The van der Waals surface area contributed by atoms with E-state index in [2.05, 4.69) is 6.92 Å². The van der Waals surface area contributed by atoms with E-state index >= 15 is 0 Å². The zero-order chi connectivity index (χ0) is 13.8. The maximum atomic E-state index is 14.1. The summed E-state index contributed by atoms with van der Waals surface area (Å²) in [5.41, 5.74) is 0.980. The first-order valence-corrected chi connectivity index (χ1v) is 6.79. The highest BCUT2D eigenvalue weighted by Crippen LogP contribution is 2.23. The van der Waals surface area contributed by atoms with Crippen LogP contribution in [0.3, 0.4) is 0 Å². The Morgan fingerprint density at radius 2 is 2.32 bits per heavy atom. The summed E-state index contributed by atoms with van der Waals surface area (Å²) < 4.78 is 19.8. The van der Waals surface area contributed by atoms with Gasteiger partial charge in [-0.1, -0.05) is 6.92 Å². The Morgan fingerprint density at radius 3 is 2.95 bits per heavy atom. The fourth-order valence-corrected chi connectivity index (χ4v) is 2.34. The molecular weight excluding hydrogens is 245 g/mol. The zero-order valence-corrected chi connectivity index (χ0v) is 11.5. The maximum Gasteiger partial charge on any atom is 0.159 e. The second kappa shape index (κ2) is 6.15. The van der Waals surface area contributed by atoms with Crippen LogP contribution in [0.4, 0.5) is 10.1 Å². The number of nitrogens with zero attached hydrogens (tertiary/aromatic N) is 1. The average molecular weight is 265 g/mol. The Balaban J connectivity index is 2.22. The molecule has 0 saturated carbocycles. The smallest absolute Gasteiger partial charge is 0.159 e. The normalized spacial score (nSPS) is 20.2. The highest BCUT2D eigenvalue weighted by Gasteiger charge is 2.20. The van der Waals surface area contributed by atoms with Gasteiger partial charge in [0.25, 0.3) is 0 Å². The molecule has 4 heteroatoms. The molecule has 19 heavy (non-hydrogen) atoms. The van der Waals surface area contributed by atoms with Crippen LogP contribution >= 0.6 is 0 Å². The van der Waals surface area contributed by atoms with Gasteiger partial charge in [-0.05, 0) is 38.0 Å². The Labute approximate surface area is 113 Å². The summed E-state index contributed by atoms with van der Waals surface area (Å²) in [5.74, 6) is -0.444. The second-order valence-corrected chi connectivity index (χ2v) is 4.92. The van der Waals surface area contributed by atoms with E-state index in [1.54, 1.807) is 12.1 Å². The molecule has 1 aliphatic rings. The number of anilines is 1. The van der Waals surface area contributed by atoms with Crippen molar-refractivity contribution >= 4 is 11.5 Å². The minimum absolute atomic E-state index is 0.115. The van der Waals surface area contributed by atoms with E-state index in [4.69, 9.17) is 4.74 Å². The fourth-order valence-electron chi connectivity index (χ4n) is 2.34. The van der Waals surface area contributed by atoms with Crippen LogP contribution < -0.4 is 4.90 Å². The van der Waals surface area contributed by atoms with Gasteiger partial charge < -0.3 is 9.64 Å². The first-order valence-electron chi connectivity index (χ1n) is 6.79. The molecule has 1 unspecified atom stereocenters. The van der Waals surface area contributed by atoms with Gasteiger partial charge in [0.1, 0.15) is 5.82 Å². The lowest BCUT2D eigenvalue weighted by atomic mass is 10.1. The minimum atomic E-state index is -0.329. The number of ether oxygens (including phenoxy) is 1. The summed E-state index contributed by atoms with van der Waals surface area (Å²) >= 11 is 0. The number of ketones is 1. The summed E-state index contributed by atoms with van der Waals surface area (Å²) in [4.78, 5) is 13.3. The van der Waals surface area contributed by atoms with Crippen LogP contribution in [-0.4, -0.2) is 31.6 Å². The highest BCUT2D eigenvalue weighted by molar-refractivity contribution is 5.94. The van der Waals surface area contributed by atoms with Crippen molar-refractivity contribution < 1.29 is 13.9 Å². The van der Waals surface area contributed by atoms with E-state index in [1.165, 1.54) is 13.0 Å². The number of Topliss-reactive ketones (excluding diaryl/α,β-unsaturated/α-hetero) is 1. The molecule has 104 valence electrons. The zero-order valence-electron chi connectivity index (χ0n) is 11.5. The van der Waals surface area contributed by atoms with Crippen molar-refractivity contribution in [1.29, 1.82) is 0 Å². The Bertz CT molecular complexity index is 461. The van der Waals surface area contributed by atoms with Crippen LogP contribution in [0.25, 0.3) is 0 Å². The summed E-state index contributed by atoms with van der Waals surface area (Å²) in [5, 5.41) is 0. The van der Waals surface area contributed by atoms with Crippen molar-refractivity contribution in [2.45, 2.75) is 32.8 Å². The van der Waals surface area contributed by atoms with Crippen LogP contribution in [-0.2, 0) is 4.74 Å². The summed E-state index contributed by atoms with van der Waals surface area (Å²) in [6.45, 7) is 5.73. The van der Waals surface area contributed by atoms with Crippen molar-refractivity contribution in [3.8, 4) is 0 Å². The van der Waals surface area contributed by atoms with Crippen molar-refractivity contribution in [3.63, 3.8) is 0 Å². The molecule has 1 atom stereocenters. The lowest BCUT2D eigenvalue weighted by Gasteiger charge is -2.25. The molecule has 1 aliphatic heterocycles. The van der Waals surface area contributed by atoms with Gasteiger partial charge in [-0.2, -0.15) is 0 Å². The molecule has 1 aromatic rings. The van der Waals surface area contributed by atoms with E-state index in [0.29, 0.717) is 17.8 Å². The van der Waals surface area contributed by atoms with Gasteiger partial charge in [-0.25, -0.2) is 4.39 Å². The van der Waals surface area contributed by atoms with Crippen molar-refractivity contribution in [1.82, 2.24) is 0 Å². The van der Waals surface area contributed by atoms with Crippen molar-refractivity contribution in [2.24, 2.45) is 0 Å². The molecule has 1 aromatic carbocycles. The third-order valence-electron chi connectivity index (χ3n) is 3.50. The molecule has 0 N–H and O–H groups in total. The van der Waals surface area contributed by atoms with Crippen LogP contribution in [0.5, 0.6) is 0 Å². The van der Waals surface area contributed by atoms with Gasteiger partial charge in [0.2, 0.25) is 0 Å². The van der Waals surface area contributed by atoms with Crippen molar-refractivity contribution in [3.05, 3.63) is 29.6 Å². The first-order chi connectivity index (χ1) is 9.11. The third kappa shape index (κ3) is 3.32. The number of benzene rings is 1. The third-order valence-corrected chi connectivity index (χ3v) is 3.50. The molecule has 0 aromatic heterocycles. The van der Waals surface area contributed by atoms with E-state index < -0.39 is 0 Å². The number of rotatable bonds is 3. The standard InChI is InChI=1S/C15H20FNO2/c1-3-13-10-17(7-4-8-19-13)15-6-5-12(11(2)18)9-14(15)16/h5-6,9,13H,3-4,7-8,10H2,1-2H3. The predicted octanol–water partition coefficient (Wildman–Crippen LogP) is 3.03. The molecule has 0 aliphatic carbocycles. The predicted molar refractivity (Wildman–Crippen MR) is 73.3 cm³/mol. The van der Waals surface area contributed by atoms with Gasteiger partial charge >= 0.3 is 0 Å². The molecule has 0 spiro atoms. The SMILES string of the molecule is CCC1CN(c2ccc(C(C)=O)cc2F)CCCO1. The lowest BCUT2D eigenvalue weighted by molar-refractivity contribution is 0.0664. The molecule has 3 nitrogen and oxygen atoms in total. The maximum absolute atomic E-state index is 14.1. The number of carbonyl (C=O) groups excluding carboxylic acids is 1. The van der Waals surface area contributed by atoms with E-state index in [0.717, 1.165) is 26.0 Å². The number of carbonyl (C=O) groups is 1. The first kappa shape index (κ1) is 14.0.